The Morgan fingerprint density at radius 1 is 1.29 bits per heavy atom. The highest BCUT2D eigenvalue weighted by Crippen LogP contribution is 2.30. The van der Waals surface area contributed by atoms with E-state index in [9.17, 15) is 15.3 Å². The van der Waals surface area contributed by atoms with Crippen molar-refractivity contribution >= 4 is 23.0 Å². The minimum atomic E-state index is -0.227. The van der Waals surface area contributed by atoms with E-state index < -0.39 is 0 Å². The first-order valence-corrected chi connectivity index (χ1v) is 9.72. The molecule has 0 saturated carbocycles. The van der Waals surface area contributed by atoms with E-state index in [0.29, 0.717) is 60.1 Å². The van der Waals surface area contributed by atoms with E-state index in [-0.39, 0.29) is 11.1 Å². The Morgan fingerprint density at radius 3 is 2.75 bits per heavy atom. The lowest BCUT2D eigenvalue weighted by Gasteiger charge is -2.18. The Balaban J connectivity index is 2.06. The van der Waals surface area contributed by atoms with Gasteiger partial charge in [-0.25, -0.2) is 0 Å². The highest BCUT2D eigenvalue weighted by atomic mass is 32.1. The predicted molar refractivity (Wildman–Crippen MR) is 105 cm³/mol. The van der Waals surface area contributed by atoms with E-state index in [1.165, 1.54) is 4.57 Å². The Labute approximate surface area is 165 Å². The minimum Gasteiger partial charge on any atom is -0.486 e. The zero-order valence-electron chi connectivity index (χ0n) is 15.4. The van der Waals surface area contributed by atoms with Crippen LogP contribution < -0.4 is 24.2 Å². The Bertz CT molecular complexity index is 1100. The first-order valence-electron chi connectivity index (χ1n) is 8.91. The van der Waals surface area contributed by atoms with E-state index >= 15 is 0 Å². The summed E-state index contributed by atoms with van der Waals surface area (Å²) in [7, 11) is 0. The average Bonchev–Trinajstić information content (AvgIpc) is 3.02. The average molecular weight is 397 g/mol. The second-order valence-corrected chi connectivity index (χ2v) is 6.96. The summed E-state index contributed by atoms with van der Waals surface area (Å²) >= 11 is 1.14. The number of thiazole rings is 1. The van der Waals surface area contributed by atoms with Crippen molar-refractivity contribution in [2.24, 2.45) is 0 Å². The van der Waals surface area contributed by atoms with Gasteiger partial charge in [0.2, 0.25) is 0 Å². The van der Waals surface area contributed by atoms with Gasteiger partial charge in [-0.1, -0.05) is 6.07 Å². The molecular weight excluding hydrogens is 378 g/mol. The smallest absolute Gasteiger partial charge is 0.269 e. The van der Waals surface area contributed by atoms with Gasteiger partial charge in [0.15, 0.2) is 17.1 Å². The van der Waals surface area contributed by atoms with Crippen LogP contribution in [0.2, 0.25) is 0 Å². The van der Waals surface area contributed by atoms with Crippen LogP contribution >= 0.6 is 11.3 Å². The van der Waals surface area contributed by atoms with Crippen molar-refractivity contribution in [1.82, 2.24) is 4.57 Å². The number of nitriles is 2. The molecule has 0 atom stereocenters. The van der Waals surface area contributed by atoms with Gasteiger partial charge in [-0.3, -0.25) is 9.36 Å². The molecule has 7 nitrogen and oxygen atoms in total. The van der Waals surface area contributed by atoms with Gasteiger partial charge in [0.25, 0.3) is 5.56 Å². The van der Waals surface area contributed by atoms with Gasteiger partial charge >= 0.3 is 0 Å². The molecule has 2 aromatic rings. The fraction of sp³-hybridized carbons (Fsp3) is 0.350. The zero-order valence-corrected chi connectivity index (χ0v) is 16.3. The summed E-state index contributed by atoms with van der Waals surface area (Å²) in [6, 6.07) is 9.21. The molecule has 0 bridgehead atoms. The van der Waals surface area contributed by atoms with E-state index in [1.807, 2.05) is 31.2 Å². The maximum atomic E-state index is 12.9. The summed E-state index contributed by atoms with van der Waals surface area (Å²) in [5, 5.41) is 18.5. The van der Waals surface area contributed by atoms with Gasteiger partial charge in [-0.2, -0.15) is 10.5 Å². The molecule has 2 heterocycles. The molecule has 0 saturated heterocycles. The molecule has 0 amide bonds. The van der Waals surface area contributed by atoms with Crippen LogP contribution in [-0.2, 0) is 11.3 Å². The standard InChI is InChI=1S/C20H19N3O4S/c1-2-25-7-3-6-23-19(24)18(28-20(23)15(12-21)13-22)11-14-4-5-16-17(10-14)27-9-8-26-16/h4-5,10-11H,2-3,6-9H2,1H3/b18-11-. The van der Waals surface area contributed by atoms with Crippen LogP contribution in [0.5, 0.6) is 11.5 Å². The second kappa shape index (κ2) is 9.23. The topological polar surface area (TPSA) is 97.3 Å². The maximum absolute atomic E-state index is 12.9. The highest BCUT2D eigenvalue weighted by Gasteiger charge is 2.12. The number of hydrogen-bond acceptors (Lipinski definition) is 7. The molecule has 8 heteroatoms. The molecule has 0 aliphatic carbocycles. The third-order valence-corrected chi connectivity index (χ3v) is 5.21. The normalized spacial score (nSPS) is 13.0. The van der Waals surface area contributed by atoms with Crippen LogP contribution in [0, 0.1) is 22.7 Å². The van der Waals surface area contributed by atoms with E-state index in [1.54, 1.807) is 12.1 Å². The first-order chi connectivity index (χ1) is 13.7. The molecule has 0 spiro atoms. The summed E-state index contributed by atoms with van der Waals surface area (Å²) in [4.78, 5) is 12.9. The maximum Gasteiger partial charge on any atom is 0.269 e. The highest BCUT2D eigenvalue weighted by molar-refractivity contribution is 7.07. The van der Waals surface area contributed by atoms with Gasteiger partial charge in [-0.05, 0) is 37.1 Å². The zero-order chi connectivity index (χ0) is 19.9. The number of nitrogens with zero attached hydrogens (tertiary/aromatic N) is 3. The van der Waals surface area contributed by atoms with Crippen LogP contribution in [-0.4, -0.2) is 31.0 Å². The lowest BCUT2D eigenvalue weighted by atomic mass is 10.2. The molecule has 0 unspecified atom stereocenters. The van der Waals surface area contributed by atoms with Crippen LogP contribution in [0.4, 0.5) is 0 Å². The number of aromatic nitrogens is 1. The van der Waals surface area contributed by atoms with Crippen molar-refractivity contribution in [2.45, 2.75) is 19.9 Å². The van der Waals surface area contributed by atoms with Crippen LogP contribution in [0.25, 0.3) is 11.6 Å². The predicted octanol–water partition coefficient (Wildman–Crippen LogP) is 1.13. The molecule has 1 aromatic carbocycles. The summed E-state index contributed by atoms with van der Waals surface area (Å²) in [6.45, 7) is 4.38. The SMILES string of the molecule is CCOCCCn1c(=C(C#N)C#N)s/c(=C\c2ccc3c(c2)OCCO3)c1=O. The van der Waals surface area contributed by atoms with Gasteiger partial charge in [-0.15, -0.1) is 11.3 Å². The molecule has 0 radical (unpaired) electrons. The molecule has 0 fully saturated rings. The van der Waals surface area contributed by atoms with Crippen molar-refractivity contribution in [1.29, 1.82) is 10.5 Å². The summed E-state index contributed by atoms with van der Waals surface area (Å²) in [6.07, 6.45) is 2.35. The number of fused-ring (bicyclic) bond motifs is 1. The molecule has 0 N–H and O–H groups in total. The van der Waals surface area contributed by atoms with Crippen molar-refractivity contribution in [3.8, 4) is 23.6 Å². The fourth-order valence-corrected chi connectivity index (χ4v) is 3.88. The van der Waals surface area contributed by atoms with Gasteiger partial charge in [0.1, 0.15) is 30.0 Å². The number of rotatable bonds is 6. The quantitative estimate of drug-likeness (QED) is 0.678. The molecule has 1 aliphatic rings. The van der Waals surface area contributed by atoms with Crippen LogP contribution in [0.15, 0.2) is 23.0 Å². The molecule has 1 aliphatic heterocycles. The van der Waals surface area contributed by atoms with Crippen LogP contribution in [0.3, 0.4) is 0 Å². The van der Waals surface area contributed by atoms with Crippen molar-refractivity contribution < 1.29 is 14.2 Å². The largest absolute Gasteiger partial charge is 0.486 e. The molecule has 144 valence electrons. The Kier molecular flexibility index (Phi) is 6.49. The third-order valence-electron chi connectivity index (χ3n) is 4.08. The van der Waals surface area contributed by atoms with Crippen molar-refractivity contribution in [2.75, 3.05) is 26.4 Å². The lowest BCUT2D eigenvalue weighted by Crippen LogP contribution is -2.32. The Hall–Kier alpha value is -3.07. The monoisotopic (exact) mass is 397 g/mol. The van der Waals surface area contributed by atoms with Crippen molar-refractivity contribution in [3.05, 3.63) is 43.3 Å². The molecule has 1 aromatic heterocycles. The van der Waals surface area contributed by atoms with Crippen LogP contribution in [0.1, 0.15) is 18.9 Å². The molecule has 28 heavy (non-hydrogen) atoms. The van der Waals surface area contributed by atoms with Gasteiger partial charge < -0.3 is 14.2 Å². The number of benzene rings is 1. The van der Waals surface area contributed by atoms with E-state index in [4.69, 9.17) is 14.2 Å². The second-order valence-electron chi connectivity index (χ2n) is 5.92. The molecule has 3 rings (SSSR count). The number of hydrogen-bond donors (Lipinski definition) is 0. The number of ether oxygens (including phenoxy) is 3. The summed E-state index contributed by atoms with van der Waals surface area (Å²) in [5.74, 6) is 1.31. The van der Waals surface area contributed by atoms with Crippen molar-refractivity contribution in [3.63, 3.8) is 0 Å². The van der Waals surface area contributed by atoms with Gasteiger partial charge in [0.05, 0.1) is 4.53 Å². The lowest BCUT2D eigenvalue weighted by molar-refractivity contribution is 0.141. The van der Waals surface area contributed by atoms with Gasteiger partial charge in [0, 0.05) is 19.8 Å². The molecular formula is C20H19N3O4S. The minimum absolute atomic E-state index is 0.0691. The summed E-state index contributed by atoms with van der Waals surface area (Å²) in [5.41, 5.74) is 0.487. The fourth-order valence-electron chi connectivity index (χ4n) is 2.80. The third kappa shape index (κ3) is 4.25. The summed E-state index contributed by atoms with van der Waals surface area (Å²) < 4.78 is 18.7. The van der Waals surface area contributed by atoms with E-state index in [2.05, 4.69) is 0 Å². The van der Waals surface area contributed by atoms with E-state index in [0.717, 1.165) is 16.9 Å². The first kappa shape index (κ1) is 19.7. The Morgan fingerprint density at radius 2 is 2.04 bits per heavy atom.